The maximum Gasteiger partial charge on any atom is 0.581 e. The van der Waals surface area contributed by atoms with Crippen molar-refractivity contribution < 1.29 is 110 Å². The lowest BCUT2D eigenvalue weighted by Gasteiger charge is -2.33. The van der Waals surface area contributed by atoms with Gasteiger partial charge in [0, 0.05) is 16.7 Å². The zero-order valence-corrected chi connectivity index (χ0v) is 25.6. The summed E-state index contributed by atoms with van der Waals surface area (Å²) in [5.41, 5.74) is -28.8. The Morgan fingerprint density at radius 2 is 0.684 bits per heavy atom. The predicted molar refractivity (Wildman–Crippen MR) is 138 cm³/mol. The Hall–Kier alpha value is -5.43. The zero-order valence-electron chi connectivity index (χ0n) is 25.6. The lowest BCUT2D eigenvalue weighted by atomic mass is 9.64. The minimum Gasteiger partial charge on any atom is -0.531 e. The van der Waals surface area contributed by atoms with Crippen LogP contribution in [0.1, 0.15) is 33.4 Å². The molecular formula is C31BF23O2. The van der Waals surface area contributed by atoms with E-state index in [2.05, 4.69) is 9.31 Å². The lowest BCUT2D eigenvalue weighted by Crippen LogP contribution is -2.51. The minimum absolute atomic E-state index is 2.56. The maximum atomic E-state index is 17.1. The molecule has 0 N–H and O–H groups in total. The van der Waals surface area contributed by atoms with Gasteiger partial charge in [0.15, 0.2) is 105 Å². The van der Waals surface area contributed by atoms with Crippen LogP contribution in [0.15, 0.2) is 11.7 Å². The van der Waals surface area contributed by atoms with Crippen LogP contribution in [0.3, 0.4) is 0 Å². The van der Waals surface area contributed by atoms with Crippen molar-refractivity contribution >= 4 is 18.8 Å². The van der Waals surface area contributed by atoms with Crippen LogP contribution in [0.25, 0.3) is 22.8 Å². The Balaban J connectivity index is 1.59. The second-order valence-corrected chi connectivity index (χ2v) is 11.7. The molecule has 0 bridgehead atoms. The topological polar surface area (TPSA) is 18.5 Å². The van der Waals surface area contributed by atoms with Crippen molar-refractivity contribution in [3.05, 3.63) is 132 Å². The van der Waals surface area contributed by atoms with E-state index in [0.717, 1.165) is 0 Å². The second-order valence-electron chi connectivity index (χ2n) is 11.7. The molecule has 0 saturated heterocycles. The van der Waals surface area contributed by atoms with E-state index in [1.54, 1.807) is 0 Å². The molecule has 2 nitrogen and oxygen atoms in total. The summed E-state index contributed by atoms with van der Waals surface area (Å²) in [4.78, 5) is 0. The number of allylic oxidation sites excluding steroid dienone is 1. The number of fused-ring (bicyclic) bond motifs is 5. The van der Waals surface area contributed by atoms with Gasteiger partial charge in [-0.25, -0.2) is 83.4 Å². The van der Waals surface area contributed by atoms with Crippen LogP contribution >= 0.6 is 0 Å². The number of hydrogen-bond acceptors (Lipinski definition) is 2. The van der Waals surface area contributed by atoms with Crippen LogP contribution in [-0.2, 0) is 22.0 Å². The molecule has 0 heterocycles. The number of benzene rings is 4. The van der Waals surface area contributed by atoms with Crippen LogP contribution in [0, 0.1) is 87.3 Å². The number of rotatable bonds is 5. The Bertz CT molecular complexity index is 2660. The third-order valence-electron chi connectivity index (χ3n) is 8.89. The quantitative estimate of drug-likeness (QED) is 0.0862. The molecule has 0 aromatic heterocycles. The summed E-state index contributed by atoms with van der Waals surface area (Å²) in [6.07, 6.45) is 0. The summed E-state index contributed by atoms with van der Waals surface area (Å²) < 4.78 is 354. The molecule has 0 fully saturated rings. The molecule has 26 heteroatoms. The van der Waals surface area contributed by atoms with Gasteiger partial charge >= 0.3 is 13.0 Å². The highest BCUT2D eigenvalue weighted by molar-refractivity contribution is 6.51. The Morgan fingerprint density at radius 1 is 0.333 bits per heavy atom. The highest BCUT2D eigenvalue weighted by atomic mass is 19.3. The molecule has 0 radical (unpaired) electrons. The fourth-order valence-electron chi connectivity index (χ4n) is 6.40. The molecule has 4 aromatic carbocycles. The summed E-state index contributed by atoms with van der Waals surface area (Å²) in [6.45, 7) is 0. The Labute approximate surface area is 296 Å². The van der Waals surface area contributed by atoms with E-state index >= 15 is 43.9 Å². The first-order valence-corrected chi connectivity index (χ1v) is 14.3. The predicted octanol–water partition coefficient (Wildman–Crippen LogP) is 11.2. The van der Waals surface area contributed by atoms with Gasteiger partial charge in [0.05, 0.1) is 27.8 Å². The lowest BCUT2D eigenvalue weighted by molar-refractivity contribution is -0.0748. The van der Waals surface area contributed by atoms with E-state index in [-0.39, 0.29) is 0 Å². The smallest absolute Gasteiger partial charge is 0.531 e. The summed E-state index contributed by atoms with van der Waals surface area (Å²) in [6, 6.07) is 0. The third-order valence-corrected chi connectivity index (χ3v) is 8.89. The van der Waals surface area contributed by atoms with Gasteiger partial charge in [0.2, 0.25) is 17.2 Å². The monoisotopic (exact) mass is 852 g/mol. The van der Waals surface area contributed by atoms with E-state index in [0.29, 0.717) is 0 Å². The largest absolute Gasteiger partial charge is 0.581 e. The average molecular weight is 852 g/mol. The van der Waals surface area contributed by atoms with Crippen molar-refractivity contribution in [2.45, 2.75) is 17.3 Å². The highest BCUT2D eigenvalue weighted by Crippen LogP contribution is 2.61. The zero-order chi connectivity index (χ0) is 42.7. The van der Waals surface area contributed by atoms with Gasteiger partial charge in [0.25, 0.3) is 5.85 Å². The van der Waals surface area contributed by atoms with Gasteiger partial charge < -0.3 is 9.31 Å². The number of halogens is 23. The molecule has 0 saturated carbocycles. The van der Waals surface area contributed by atoms with Crippen molar-refractivity contribution in [2.75, 3.05) is 0 Å². The molecule has 2 unspecified atom stereocenters. The van der Waals surface area contributed by atoms with Gasteiger partial charge in [-0.2, -0.15) is 17.6 Å². The molecule has 3 aliphatic rings. The first-order valence-electron chi connectivity index (χ1n) is 14.3. The maximum absolute atomic E-state index is 17.1. The summed E-state index contributed by atoms with van der Waals surface area (Å²) in [5, 5.41) is 0. The van der Waals surface area contributed by atoms with Crippen molar-refractivity contribution in [3.63, 3.8) is 0 Å². The average Bonchev–Trinajstić information content (AvgIpc) is 3.62. The molecule has 300 valence electrons. The van der Waals surface area contributed by atoms with Crippen LogP contribution < -0.4 is 4.65 Å². The van der Waals surface area contributed by atoms with Crippen molar-refractivity contribution in [1.29, 1.82) is 0 Å². The molecule has 0 amide bonds. The van der Waals surface area contributed by atoms with E-state index < -0.39 is 185 Å². The van der Waals surface area contributed by atoms with Crippen molar-refractivity contribution in [1.82, 2.24) is 0 Å². The van der Waals surface area contributed by atoms with Gasteiger partial charge in [-0.3, -0.25) is 0 Å². The normalized spacial score (nSPS) is 20.4. The van der Waals surface area contributed by atoms with Crippen molar-refractivity contribution in [3.8, 4) is 16.9 Å². The van der Waals surface area contributed by atoms with E-state index in [9.17, 15) is 57.1 Å². The van der Waals surface area contributed by atoms with Crippen LogP contribution in [-0.4, -0.2) is 7.12 Å². The SMILES string of the molecule is FC1=C(F)C(F)(OB(Oc2c(F)c(F)c(F)c3c2C(F)(F)c2c(F)c(F)c(F)c(F)c2-3)C2(F)C(F)=C(F)c3c(F)c(F)c(F)c(F)c32)c2c(F)c(F)c(F)c(F)c21. The van der Waals surface area contributed by atoms with Crippen molar-refractivity contribution in [2.24, 2.45) is 0 Å². The molecule has 3 aliphatic carbocycles. The van der Waals surface area contributed by atoms with Gasteiger partial charge in [-0.1, -0.05) is 0 Å². The fourth-order valence-corrected chi connectivity index (χ4v) is 6.40. The van der Waals surface area contributed by atoms with E-state index in [1.807, 2.05) is 0 Å². The molecule has 0 spiro atoms. The van der Waals surface area contributed by atoms with Gasteiger partial charge in [0.1, 0.15) is 0 Å². The first kappa shape index (κ1) is 39.8. The van der Waals surface area contributed by atoms with Crippen LogP contribution in [0.4, 0.5) is 101 Å². The molecule has 2 atom stereocenters. The highest BCUT2D eigenvalue weighted by Gasteiger charge is 2.69. The van der Waals surface area contributed by atoms with Crippen LogP contribution in [0.2, 0.25) is 0 Å². The summed E-state index contributed by atoms with van der Waals surface area (Å²) in [7, 11) is -5.11. The standard InChI is InChI=1S/C31BF23O2/c33-9-1-2-8(30(53,54)6(1)16(40)23(47)18(9)42)26(25(49)21(45)10(2)34)56-32(29(52)5-3(13(37)27(29)50)11(35)19(43)22(46)15(5)39)57-31(55)7-4(14(38)28(31)51)12(36)20(44)24(48)17(7)41. The number of hydrogen-bond donors (Lipinski definition) is 0. The summed E-state index contributed by atoms with van der Waals surface area (Å²) in [5.74, 6) is -77.0. The second kappa shape index (κ2) is 12.0. The van der Waals surface area contributed by atoms with Gasteiger partial charge in [-0.15, -0.1) is 0 Å². The van der Waals surface area contributed by atoms with Gasteiger partial charge in [-0.05, 0) is 0 Å². The molecule has 0 aliphatic heterocycles. The molecule has 7 rings (SSSR count). The minimum atomic E-state index is -5.95. The van der Waals surface area contributed by atoms with E-state index in [4.69, 9.17) is 0 Å². The summed E-state index contributed by atoms with van der Waals surface area (Å²) >= 11 is 0. The molecule has 4 aromatic rings. The Morgan fingerprint density at radius 3 is 1.18 bits per heavy atom. The Kier molecular flexibility index (Phi) is 8.41. The first-order chi connectivity index (χ1) is 26.2. The van der Waals surface area contributed by atoms with Crippen LogP contribution in [0.5, 0.6) is 5.75 Å². The number of alkyl halides is 4. The third kappa shape index (κ3) is 4.57. The fraction of sp³-hybridized carbons (Fsp3) is 0.0968. The molecular weight excluding hydrogens is 852 g/mol. The van der Waals surface area contributed by atoms with E-state index in [1.165, 1.54) is 0 Å². The molecule has 57 heavy (non-hydrogen) atoms.